The van der Waals surface area contributed by atoms with E-state index in [9.17, 15) is 24.8 Å². The molecular weight excluding hydrogens is 266 g/mol. The van der Waals surface area contributed by atoms with Crippen molar-refractivity contribution in [3.63, 3.8) is 0 Å². The van der Waals surface area contributed by atoms with Crippen LogP contribution in [0.1, 0.15) is 18.1 Å². The van der Waals surface area contributed by atoms with Gasteiger partial charge < -0.3 is 9.84 Å². The summed E-state index contributed by atoms with van der Waals surface area (Å²) in [5, 5.41) is 20.6. The highest BCUT2D eigenvalue weighted by Crippen LogP contribution is 2.24. The molecule has 0 aliphatic rings. The third kappa shape index (κ3) is 3.41. The summed E-state index contributed by atoms with van der Waals surface area (Å²) in [4.78, 5) is 32.5. The fourth-order valence-electron chi connectivity index (χ4n) is 1.56. The van der Waals surface area contributed by atoms with E-state index >= 15 is 0 Å². The number of methoxy groups -OCH3 is 1. The van der Waals surface area contributed by atoms with Gasteiger partial charge in [0.1, 0.15) is 5.76 Å². The van der Waals surface area contributed by atoms with Crippen LogP contribution < -0.4 is 0 Å². The number of aryl methyl sites for hydroxylation is 1. The minimum Gasteiger partial charge on any atom is -0.507 e. The highest BCUT2D eigenvalue weighted by atomic mass is 16.6. The van der Waals surface area contributed by atoms with Gasteiger partial charge >= 0.3 is 5.97 Å². The number of benzene rings is 1. The molecule has 0 spiro atoms. The highest BCUT2D eigenvalue weighted by Gasteiger charge is 2.17. The summed E-state index contributed by atoms with van der Waals surface area (Å²) in [6, 6.07) is 4.07. The number of nitro groups is 1. The van der Waals surface area contributed by atoms with Crippen LogP contribution in [-0.4, -0.2) is 28.9 Å². The largest absolute Gasteiger partial charge is 0.507 e. The Balaban J connectivity index is 3.17. The Morgan fingerprint density at radius 3 is 2.60 bits per heavy atom. The third-order valence-corrected chi connectivity index (χ3v) is 2.61. The lowest BCUT2D eigenvalue weighted by Gasteiger charge is -2.04. The average molecular weight is 279 g/mol. The molecule has 0 aliphatic carbocycles. The molecule has 1 N–H and O–H groups in total. The number of ketones is 1. The average Bonchev–Trinajstić information content (AvgIpc) is 2.45. The number of hydrogen-bond acceptors (Lipinski definition) is 6. The molecule has 0 radical (unpaired) electrons. The molecule has 0 aliphatic heterocycles. The predicted molar refractivity (Wildman–Crippen MR) is 70.1 cm³/mol. The first-order valence-corrected chi connectivity index (χ1v) is 5.71. The smallest absolute Gasteiger partial charge is 0.378 e. The molecule has 0 saturated heterocycles. The van der Waals surface area contributed by atoms with Gasteiger partial charge in [0.2, 0.25) is 0 Å². The van der Waals surface area contributed by atoms with Crippen LogP contribution in [0.5, 0.6) is 0 Å². The maximum atomic E-state index is 11.3. The summed E-state index contributed by atoms with van der Waals surface area (Å²) in [6.07, 6.45) is 1.12. The van der Waals surface area contributed by atoms with Crippen LogP contribution in [0.2, 0.25) is 0 Å². The van der Waals surface area contributed by atoms with Crippen molar-refractivity contribution in [2.24, 2.45) is 0 Å². The Hall–Kier alpha value is -2.70. The number of ether oxygens (including phenoxy) is 1. The van der Waals surface area contributed by atoms with E-state index in [0.29, 0.717) is 18.1 Å². The molecule has 0 aromatic heterocycles. The molecule has 0 unspecified atom stereocenters. The maximum absolute atomic E-state index is 11.3. The van der Waals surface area contributed by atoms with E-state index in [-0.39, 0.29) is 11.3 Å². The molecule has 0 bridgehead atoms. The number of aliphatic hydroxyl groups is 1. The first-order chi connectivity index (χ1) is 9.40. The fraction of sp³-hybridized carbons (Fsp3) is 0.231. The molecule has 1 aromatic carbocycles. The van der Waals surface area contributed by atoms with Crippen LogP contribution in [0.15, 0.2) is 24.3 Å². The number of carbonyl (C=O) groups is 2. The number of nitrogens with zero attached hydrogens (tertiary/aromatic N) is 1. The van der Waals surface area contributed by atoms with Gasteiger partial charge in [-0.05, 0) is 6.42 Å². The zero-order chi connectivity index (χ0) is 15.3. The van der Waals surface area contributed by atoms with Crippen LogP contribution >= 0.6 is 0 Å². The van der Waals surface area contributed by atoms with E-state index in [2.05, 4.69) is 4.74 Å². The van der Waals surface area contributed by atoms with Gasteiger partial charge in [-0.2, -0.15) is 0 Å². The van der Waals surface area contributed by atoms with Gasteiger partial charge in [0, 0.05) is 23.3 Å². The minimum atomic E-state index is -1.13. The number of esters is 1. The van der Waals surface area contributed by atoms with E-state index < -0.39 is 22.4 Å². The van der Waals surface area contributed by atoms with E-state index in [1.165, 1.54) is 12.1 Å². The van der Waals surface area contributed by atoms with Gasteiger partial charge in [-0.1, -0.05) is 19.1 Å². The Labute approximate surface area is 114 Å². The Bertz CT molecular complexity index is 591. The lowest BCUT2D eigenvalue weighted by Crippen LogP contribution is -2.13. The Morgan fingerprint density at radius 2 is 2.10 bits per heavy atom. The SMILES string of the molecule is CCc1ccc(/C(O)=C/C(=O)C(=O)OC)cc1[N+](=O)[O-]. The zero-order valence-corrected chi connectivity index (χ0v) is 11.0. The quantitative estimate of drug-likeness (QED) is 0.220. The first-order valence-electron chi connectivity index (χ1n) is 5.71. The second-order valence-corrected chi connectivity index (χ2v) is 3.84. The van der Waals surface area contributed by atoms with Crippen LogP contribution in [0.25, 0.3) is 5.76 Å². The topological polar surface area (TPSA) is 107 Å². The predicted octanol–water partition coefficient (Wildman–Crippen LogP) is 1.80. The molecule has 20 heavy (non-hydrogen) atoms. The van der Waals surface area contributed by atoms with Crippen LogP contribution in [0.3, 0.4) is 0 Å². The molecule has 0 fully saturated rings. The maximum Gasteiger partial charge on any atom is 0.378 e. The van der Waals surface area contributed by atoms with Crippen molar-refractivity contribution in [3.8, 4) is 0 Å². The number of rotatable bonds is 5. The molecule has 7 heteroatoms. The first kappa shape index (κ1) is 15.4. The fourth-order valence-corrected chi connectivity index (χ4v) is 1.56. The van der Waals surface area contributed by atoms with Gasteiger partial charge in [0.15, 0.2) is 0 Å². The second-order valence-electron chi connectivity index (χ2n) is 3.84. The lowest BCUT2D eigenvalue weighted by molar-refractivity contribution is -0.385. The van der Waals surface area contributed by atoms with E-state index in [0.717, 1.165) is 13.2 Å². The summed E-state index contributed by atoms with van der Waals surface area (Å²) in [7, 11) is 1.03. The molecule has 0 heterocycles. The number of carbonyl (C=O) groups excluding carboxylic acids is 2. The summed E-state index contributed by atoms with van der Waals surface area (Å²) in [6.45, 7) is 1.76. The summed E-state index contributed by atoms with van der Waals surface area (Å²) >= 11 is 0. The van der Waals surface area contributed by atoms with E-state index in [1.807, 2.05) is 0 Å². The Morgan fingerprint density at radius 1 is 1.45 bits per heavy atom. The zero-order valence-electron chi connectivity index (χ0n) is 11.0. The van der Waals surface area contributed by atoms with Gasteiger partial charge in [0.05, 0.1) is 12.0 Å². The van der Waals surface area contributed by atoms with Crippen molar-refractivity contribution in [1.82, 2.24) is 0 Å². The normalized spacial score (nSPS) is 11.0. The minimum absolute atomic E-state index is 0.0751. The summed E-state index contributed by atoms with van der Waals surface area (Å²) < 4.78 is 4.19. The molecular formula is C13H13NO6. The second kappa shape index (κ2) is 6.46. The highest BCUT2D eigenvalue weighted by molar-refractivity contribution is 6.39. The molecule has 1 aromatic rings. The van der Waals surface area contributed by atoms with Crippen molar-refractivity contribution >= 4 is 23.2 Å². The number of hydrogen-bond donors (Lipinski definition) is 1. The van der Waals surface area contributed by atoms with Gasteiger partial charge in [0.25, 0.3) is 11.5 Å². The molecule has 0 atom stereocenters. The number of nitro benzene ring substituents is 1. The molecule has 0 saturated carbocycles. The third-order valence-electron chi connectivity index (χ3n) is 2.61. The molecule has 0 amide bonds. The van der Waals surface area contributed by atoms with Crippen molar-refractivity contribution < 1.29 is 24.4 Å². The Kier molecular flexibility index (Phi) is 4.96. The monoisotopic (exact) mass is 279 g/mol. The molecule has 7 nitrogen and oxygen atoms in total. The summed E-state index contributed by atoms with van der Waals surface area (Å²) in [5.74, 6) is -2.71. The van der Waals surface area contributed by atoms with Gasteiger partial charge in [-0.3, -0.25) is 14.9 Å². The van der Waals surface area contributed by atoms with Crippen LogP contribution in [-0.2, 0) is 20.7 Å². The van der Waals surface area contributed by atoms with Crippen LogP contribution in [0.4, 0.5) is 5.69 Å². The van der Waals surface area contributed by atoms with Crippen molar-refractivity contribution in [2.75, 3.05) is 7.11 Å². The van der Waals surface area contributed by atoms with Gasteiger partial charge in [-0.15, -0.1) is 0 Å². The van der Waals surface area contributed by atoms with Crippen LogP contribution in [0, 0.1) is 10.1 Å². The van der Waals surface area contributed by atoms with Gasteiger partial charge in [-0.25, -0.2) is 4.79 Å². The van der Waals surface area contributed by atoms with Crippen molar-refractivity contribution in [3.05, 3.63) is 45.5 Å². The molecule has 1 rings (SSSR count). The van der Waals surface area contributed by atoms with E-state index in [1.54, 1.807) is 6.92 Å². The summed E-state index contributed by atoms with van der Waals surface area (Å²) in [5.41, 5.74) is 0.424. The van der Waals surface area contributed by atoms with E-state index in [4.69, 9.17) is 0 Å². The van der Waals surface area contributed by atoms with Crippen molar-refractivity contribution in [2.45, 2.75) is 13.3 Å². The van der Waals surface area contributed by atoms with Crippen molar-refractivity contribution in [1.29, 1.82) is 0 Å². The lowest BCUT2D eigenvalue weighted by atomic mass is 10.1. The molecule has 106 valence electrons. The standard InChI is InChI=1S/C13H13NO6/c1-3-8-4-5-9(6-10(8)14(18)19)11(15)7-12(16)13(17)20-2/h4-7,15H,3H2,1-2H3/b11-7-. The number of aliphatic hydroxyl groups excluding tert-OH is 1.